The summed E-state index contributed by atoms with van der Waals surface area (Å²) in [6, 6.07) is 0. The van der Waals surface area contributed by atoms with Crippen LogP contribution in [0.5, 0.6) is 0 Å². The lowest BCUT2D eigenvalue weighted by atomic mass is 9.97. The molecule has 150 valence electrons. The van der Waals surface area contributed by atoms with E-state index in [2.05, 4.69) is 48.3 Å². The quantitative estimate of drug-likeness (QED) is 0.361. The van der Waals surface area contributed by atoms with E-state index in [-0.39, 0.29) is 24.0 Å². The van der Waals surface area contributed by atoms with E-state index < -0.39 is 0 Å². The molecule has 0 radical (unpaired) electrons. The zero-order valence-corrected chi connectivity index (χ0v) is 19.5. The molecule has 0 unspecified atom stereocenters. The average molecular weight is 476 g/mol. The van der Waals surface area contributed by atoms with E-state index >= 15 is 0 Å². The number of rotatable bonds is 7. The van der Waals surface area contributed by atoms with Crippen LogP contribution in [0.2, 0.25) is 0 Å². The molecule has 2 rings (SSSR count). The smallest absolute Gasteiger partial charge is 0.191 e. The van der Waals surface area contributed by atoms with Gasteiger partial charge in [0.1, 0.15) is 0 Å². The van der Waals surface area contributed by atoms with Gasteiger partial charge in [-0.2, -0.15) is 5.10 Å². The van der Waals surface area contributed by atoms with Gasteiger partial charge in [-0.1, -0.05) is 6.92 Å². The summed E-state index contributed by atoms with van der Waals surface area (Å²) in [4.78, 5) is 7.37. The second-order valence-electron chi connectivity index (χ2n) is 7.13. The van der Waals surface area contributed by atoms with Gasteiger partial charge in [0.05, 0.1) is 12.2 Å². The molecule has 26 heavy (non-hydrogen) atoms. The van der Waals surface area contributed by atoms with Crippen LogP contribution in [0.15, 0.2) is 4.99 Å². The largest absolute Gasteiger partial charge is 0.357 e. The van der Waals surface area contributed by atoms with E-state index in [9.17, 15) is 0 Å². The highest BCUT2D eigenvalue weighted by Gasteiger charge is 2.18. The summed E-state index contributed by atoms with van der Waals surface area (Å²) in [5, 5.41) is 11.4. The number of likely N-dealkylation sites (tertiary alicyclic amines) is 1. The van der Waals surface area contributed by atoms with Gasteiger partial charge in [0.2, 0.25) is 0 Å². The second kappa shape index (κ2) is 11.8. The van der Waals surface area contributed by atoms with Gasteiger partial charge < -0.3 is 15.5 Å². The van der Waals surface area contributed by atoms with E-state index in [1.165, 1.54) is 50.2 Å². The number of nitrogens with one attached hydrogen (secondary N) is 2. The van der Waals surface area contributed by atoms with Gasteiger partial charge in [-0.15, -0.1) is 24.0 Å². The molecule has 0 atom stereocenters. The Labute approximate surface area is 176 Å². The molecular formula is C19H37IN6. The van der Waals surface area contributed by atoms with Gasteiger partial charge in [-0.3, -0.25) is 4.68 Å². The van der Waals surface area contributed by atoms with Crippen molar-refractivity contribution in [3.63, 3.8) is 0 Å². The monoisotopic (exact) mass is 476 g/mol. The number of aromatic nitrogens is 2. The first-order valence-electron chi connectivity index (χ1n) is 9.78. The van der Waals surface area contributed by atoms with Crippen LogP contribution in [-0.2, 0) is 13.6 Å². The standard InChI is InChI=1S/C19H36N6.HI/c1-6-10-25-11-8-17(9-12-25)13-21-19(20-7-2)22-14-18-15(3)23-24(5)16(18)4;/h17H,6-14H2,1-5H3,(H2,20,21,22);1H. The topological polar surface area (TPSA) is 57.5 Å². The van der Waals surface area contributed by atoms with Crippen molar-refractivity contribution < 1.29 is 0 Å². The van der Waals surface area contributed by atoms with Gasteiger partial charge in [-0.25, -0.2) is 4.99 Å². The predicted octanol–water partition coefficient (Wildman–Crippen LogP) is 2.83. The maximum atomic E-state index is 4.78. The van der Waals surface area contributed by atoms with Crippen LogP contribution in [0, 0.1) is 19.8 Å². The van der Waals surface area contributed by atoms with Gasteiger partial charge in [0, 0.05) is 31.4 Å². The molecule has 1 saturated heterocycles. The van der Waals surface area contributed by atoms with Gasteiger partial charge in [0.25, 0.3) is 0 Å². The summed E-state index contributed by atoms with van der Waals surface area (Å²) in [6.45, 7) is 14.8. The van der Waals surface area contributed by atoms with Gasteiger partial charge in [0.15, 0.2) is 5.96 Å². The first kappa shape index (κ1) is 23.2. The lowest BCUT2D eigenvalue weighted by Crippen LogP contribution is -2.43. The number of hydrogen-bond donors (Lipinski definition) is 2. The van der Waals surface area contributed by atoms with E-state index in [0.717, 1.165) is 30.7 Å². The van der Waals surface area contributed by atoms with E-state index in [0.29, 0.717) is 6.54 Å². The van der Waals surface area contributed by atoms with Crippen molar-refractivity contribution in [2.75, 3.05) is 32.7 Å². The van der Waals surface area contributed by atoms with Crippen LogP contribution in [0.1, 0.15) is 50.1 Å². The van der Waals surface area contributed by atoms with Crippen LogP contribution < -0.4 is 10.6 Å². The molecule has 0 aliphatic carbocycles. The first-order chi connectivity index (χ1) is 12.0. The minimum Gasteiger partial charge on any atom is -0.357 e. The molecular weight excluding hydrogens is 439 g/mol. The summed E-state index contributed by atoms with van der Waals surface area (Å²) in [5.41, 5.74) is 3.50. The molecule has 0 saturated carbocycles. The Hall–Kier alpha value is -0.830. The molecule has 0 bridgehead atoms. The zero-order valence-electron chi connectivity index (χ0n) is 17.1. The Morgan fingerprint density at radius 3 is 2.42 bits per heavy atom. The Balaban J connectivity index is 0.00000338. The molecule has 1 aliphatic heterocycles. The third kappa shape index (κ3) is 6.72. The zero-order chi connectivity index (χ0) is 18.2. The van der Waals surface area contributed by atoms with Gasteiger partial charge in [-0.05, 0) is 65.6 Å². The summed E-state index contributed by atoms with van der Waals surface area (Å²) >= 11 is 0. The molecule has 0 spiro atoms. The molecule has 1 aliphatic rings. The SMILES string of the molecule is CCCN1CCC(CNC(=NCc2c(C)nn(C)c2C)NCC)CC1.I. The summed E-state index contributed by atoms with van der Waals surface area (Å²) < 4.78 is 1.94. The highest BCUT2D eigenvalue weighted by Crippen LogP contribution is 2.16. The Morgan fingerprint density at radius 1 is 1.19 bits per heavy atom. The third-order valence-electron chi connectivity index (χ3n) is 5.20. The number of halogens is 1. The fourth-order valence-corrected chi connectivity index (χ4v) is 3.52. The van der Waals surface area contributed by atoms with E-state index in [4.69, 9.17) is 4.99 Å². The number of guanidine groups is 1. The van der Waals surface area contributed by atoms with Crippen molar-refractivity contribution in [1.82, 2.24) is 25.3 Å². The summed E-state index contributed by atoms with van der Waals surface area (Å²) in [6.07, 6.45) is 3.83. The minimum atomic E-state index is 0. The Bertz CT molecular complexity index is 561. The van der Waals surface area contributed by atoms with Crippen LogP contribution in [0.3, 0.4) is 0 Å². The Morgan fingerprint density at radius 2 is 1.88 bits per heavy atom. The van der Waals surface area contributed by atoms with Gasteiger partial charge >= 0.3 is 0 Å². The molecule has 0 amide bonds. The molecule has 7 heteroatoms. The second-order valence-corrected chi connectivity index (χ2v) is 7.13. The normalized spacial score (nSPS) is 16.4. The lowest BCUT2D eigenvalue weighted by molar-refractivity contribution is 0.185. The molecule has 2 heterocycles. The maximum absolute atomic E-state index is 4.78. The highest BCUT2D eigenvalue weighted by atomic mass is 127. The van der Waals surface area contributed by atoms with E-state index in [1.54, 1.807) is 0 Å². The summed E-state index contributed by atoms with van der Waals surface area (Å²) in [5.74, 6) is 1.67. The van der Waals surface area contributed by atoms with Crippen molar-refractivity contribution in [3.05, 3.63) is 17.0 Å². The van der Waals surface area contributed by atoms with Crippen LogP contribution in [-0.4, -0.2) is 53.4 Å². The van der Waals surface area contributed by atoms with Crippen LogP contribution in [0.4, 0.5) is 0 Å². The van der Waals surface area contributed by atoms with E-state index in [1.807, 2.05) is 11.7 Å². The molecule has 6 nitrogen and oxygen atoms in total. The summed E-state index contributed by atoms with van der Waals surface area (Å²) in [7, 11) is 1.99. The third-order valence-corrected chi connectivity index (χ3v) is 5.20. The number of aliphatic imine (C=N–C) groups is 1. The average Bonchev–Trinajstić information content (AvgIpc) is 2.84. The molecule has 2 N–H and O–H groups in total. The number of piperidine rings is 1. The van der Waals surface area contributed by atoms with Crippen molar-refractivity contribution in [1.29, 1.82) is 0 Å². The maximum Gasteiger partial charge on any atom is 0.191 e. The molecule has 1 aromatic rings. The van der Waals surface area contributed by atoms with Crippen molar-refractivity contribution in [2.45, 2.75) is 53.5 Å². The fourth-order valence-electron chi connectivity index (χ4n) is 3.52. The van der Waals surface area contributed by atoms with Crippen molar-refractivity contribution in [2.24, 2.45) is 18.0 Å². The minimum absolute atomic E-state index is 0. The fraction of sp³-hybridized carbons (Fsp3) is 0.789. The highest BCUT2D eigenvalue weighted by molar-refractivity contribution is 14.0. The first-order valence-corrected chi connectivity index (χ1v) is 9.78. The lowest BCUT2D eigenvalue weighted by Gasteiger charge is -2.32. The van der Waals surface area contributed by atoms with Crippen molar-refractivity contribution in [3.8, 4) is 0 Å². The Kier molecular flexibility index (Phi) is 10.5. The van der Waals surface area contributed by atoms with Crippen LogP contribution >= 0.6 is 24.0 Å². The van der Waals surface area contributed by atoms with Crippen molar-refractivity contribution >= 4 is 29.9 Å². The predicted molar refractivity (Wildman–Crippen MR) is 120 cm³/mol. The van der Waals surface area contributed by atoms with Crippen LogP contribution in [0.25, 0.3) is 0 Å². The molecule has 1 aromatic heterocycles. The number of hydrogen-bond acceptors (Lipinski definition) is 3. The number of nitrogens with zero attached hydrogens (tertiary/aromatic N) is 4. The molecule has 0 aromatic carbocycles. The number of aryl methyl sites for hydroxylation is 2. The molecule has 1 fully saturated rings.